The summed E-state index contributed by atoms with van der Waals surface area (Å²) in [7, 11) is 3.77. The van der Waals surface area contributed by atoms with E-state index in [1.54, 1.807) is 7.11 Å². The maximum Gasteiger partial charge on any atom is 0.134 e. The zero-order valence-corrected chi connectivity index (χ0v) is 17.7. The van der Waals surface area contributed by atoms with Gasteiger partial charge >= 0.3 is 0 Å². The second kappa shape index (κ2) is 8.99. The molecule has 152 valence electrons. The van der Waals surface area contributed by atoms with Gasteiger partial charge in [-0.1, -0.05) is 29.8 Å². The van der Waals surface area contributed by atoms with Gasteiger partial charge in [0.1, 0.15) is 10.9 Å². The Bertz CT molecular complexity index is 989. The van der Waals surface area contributed by atoms with Gasteiger partial charge in [0.2, 0.25) is 0 Å². The van der Waals surface area contributed by atoms with Crippen LogP contribution in [0, 0.1) is 0 Å². The van der Waals surface area contributed by atoms with E-state index in [-0.39, 0.29) is 0 Å². The third-order valence-electron chi connectivity index (χ3n) is 5.27. The predicted octanol–water partition coefficient (Wildman–Crippen LogP) is 4.37. The lowest BCUT2D eigenvalue weighted by Gasteiger charge is -2.31. The Morgan fingerprint density at radius 3 is 2.62 bits per heavy atom. The Balaban J connectivity index is 1.51. The summed E-state index contributed by atoms with van der Waals surface area (Å²) in [6.45, 7) is 5.01. The zero-order valence-electron chi connectivity index (χ0n) is 16.9. The Morgan fingerprint density at radius 1 is 1.07 bits per heavy atom. The lowest BCUT2D eigenvalue weighted by molar-refractivity contribution is 0.122. The van der Waals surface area contributed by atoms with Gasteiger partial charge < -0.3 is 14.4 Å². The standard InChI is InChI=1S/C23H26ClN3O2/c1-26(15-18-5-3-4-6-22(18)27-9-11-29-12-10-27)16-19-13-17-7-8-20(28-2)14-21(17)25-23(19)24/h3-8,13-14H,9-12,15-16H2,1-2H3. The van der Waals surface area contributed by atoms with Gasteiger partial charge in [-0.3, -0.25) is 4.90 Å². The average Bonchev–Trinajstić information content (AvgIpc) is 2.75. The fraction of sp³-hybridized carbons (Fsp3) is 0.348. The minimum Gasteiger partial charge on any atom is -0.497 e. The molecule has 0 saturated carbocycles. The molecule has 1 aromatic heterocycles. The highest BCUT2D eigenvalue weighted by Gasteiger charge is 2.16. The molecule has 0 amide bonds. The third-order valence-corrected chi connectivity index (χ3v) is 5.60. The Morgan fingerprint density at radius 2 is 1.83 bits per heavy atom. The van der Waals surface area contributed by atoms with Gasteiger partial charge in [-0.15, -0.1) is 0 Å². The molecule has 4 rings (SSSR count). The van der Waals surface area contributed by atoms with Crippen LogP contribution in [0.5, 0.6) is 5.75 Å². The molecule has 0 N–H and O–H groups in total. The van der Waals surface area contributed by atoms with Crippen molar-refractivity contribution < 1.29 is 9.47 Å². The van der Waals surface area contributed by atoms with Crippen molar-refractivity contribution >= 4 is 28.2 Å². The van der Waals surface area contributed by atoms with Crippen molar-refractivity contribution in [1.82, 2.24) is 9.88 Å². The SMILES string of the molecule is COc1ccc2cc(CN(C)Cc3ccccc3N3CCOCC3)c(Cl)nc2c1. The van der Waals surface area contributed by atoms with Crippen LogP contribution >= 0.6 is 11.6 Å². The Labute approximate surface area is 176 Å². The molecule has 1 aliphatic rings. The molecule has 5 nitrogen and oxygen atoms in total. The highest BCUT2D eigenvalue weighted by atomic mass is 35.5. The summed E-state index contributed by atoms with van der Waals surface area (Å²) in [5.41, 5.74) is 4.47. The fourth-order valence-corrected chi connectivity index (χ4v) is 4.01. The van der Waals surface area contributed by atoms with Crippen molar-refractivity contribution in [1.29, 1.82) is 0 Å². The number of methoxy groups -OCH3 is 1. The minimum atomic E-state index is 0.541. The van der Waals surface area contributed by atoms with Crippen LogP contribution in [0.4, 0.5) is 5.69 Å². The van der Waals surface area contributed by atoms with E-state index in [0.717, 1.165) is 61.6 Å². The lowest BCUT2D eigenvalue weighted by Crippen LogP contribution is -2.37. The molecule has 1 aliphatic heterocycles. The first-order chi connectivity index (χ1) is 14.1. The number of hydrogen-bond acceptors (Lipinski definition) is 5. The molecular formula is C23H26ClN3O2. The summed E-state index contributed by atoms with van der Waals surface area (Å²) in [5.74, 6) is 0.783. The molecule has 0 radical (unpaired) electrons. The third kappa shape index (κ3) is 4.64. The highest BCUT2D eigenvalue weighted by Crippen LogP contribution is 2.27. The summed E-state index contributed by atoms with van der Waals surface area (Å²) in [6, 6.07) is 16.6. The molecule has 2 heterocycles. The molecule has 0 aliphatic carbocycles. The van der Waals surface area contributed by atoms with Gasteiger partial charge in [-0.2, -0.15) is 0 Å². The monoisotopic (exact) mass is 411 g/mol. The number of anilines is 1. The van der Waals surface area contributed by atoms with Gasteiger partial charge in [-0.25, -0.2) is 4.98 Å². The molecule has 0 atom stereocenters. The van der Waals surface area contributed by atoms with E-state index in [4.69, 9.17) is 21.1 Å². The minimum absolute atomic E-state index is 0.541. The van der Waals surface area contributed by atoms with Crippen LogP contribution in [0.3, 0.4) is 0 Å². The van der Waals surface area contributed by atoms with Crippen molar-refractivity contribution in [3.8, 4) is 5.75 Å². The van der Waals surface area contributed by atoms with Crippen LogP contribution in [0.25, 0.3) is 10.9 Å². The van der Waals surface area contributed by atoms with Crippen molar-refractivity contribution in [2.24, 2.45) is 0 Å². The first kappa shape index (κ1) is 20.0. The molecule has 2 aromatic carbocycles. The molecule has 29 heavy (non-hydrogen) atoms. The number of fused-ring (bicyclic) bond motifs is 1. The largest absolute Gasteiger partial charge is 0.497 e. The molecule has 1 saturated heterocycles. The number of morpholine rings is 1. The van der Waals surface area contributed by atoms with Crippen molar-refractivity contribution in [3.05, 3.63) is 64.8 Å². The normalized spacial score (nSPS) is 14.6. The van der Waals surface area contributed by atoms with Crippen LogP contribution in [0.15, 0.2) is 48.5 Å². The van der Waals surface area contributed by atoms with Crippen LogP contribution in [0.1, 0.15) is 11.1 Å². The second-order valence-electron chi connectivity index (χ2n) is 7.40. The van der Waals surface area contributed by atoms with Crippen LogP contribution in [0.2, 0.25) is 5.15 Å². The summed E-state index contributed by atoms with van der Waals surface area (Å²) < 4.78 is 10.8. The van der Waals surface area contributed by atoms with Crippen LogP contribution in [-0.4, -0.2) is 50.3 Å². The highest BCUT2D eigenvalue weighted by molar-refractivity contribution is 6.30. The van der Waals surface area contributed by atoms with Gasteiger partial charge in [-0.05, 0) is 36.9 Å². The summed E-state index contributed by atoms with van der Waals surface area (Å²) in [4.78, 5) is 9.25. The van der Waals surface area contributed by atoms with Gasteiger partial charge in [0.25, 0.3) is 0 Å². The number of nitrogens with zero attached hydrogens (tertiary/aromatic N) is 3. The van der Waals surface area contributed by atoms with E-state index in [2.05, 4.69) is 52.2 Å². The predicted molar refractivity (Wildman–Crippen MR) is 118 cm³/mol. The summed E-state index contributed by atoms with van der Waals surface area (Å²) in [5, 5.41) is 1.60. The lowest BCUT2D eigenvalue weighted by atomic mass is 10.1. The van der Waals surface area contributed by atoms with Crippen molar-refractivity contribution in [2.45, 2.75) is 13.1 Å². The van der Waals surface area contributed by atoms with Crippen molar-refractivity contribution in [3.63, 3.8) is 0 Å². The zero-order chi connectivity index (χ0) is 20.2. The molecule has 0 unspecified atom stereocenters. The molecular weight excluding hydrogens is 386 g/mol. The van der Waals surface area contributed by atoms with Gasteiger partial charge in [0.05, 0.1) is 25.8 Å². The van der Waals surface area contributed by atoms with E-state index >= 15 is 0 Å². The number of aromatic nitrogens is 1. The molecule has 0 bridgehead atoms. The fourth-order valence-electron chi connectivity index (χ4n) is 3.80. The average molecular weight is 412 g/mol. The van der Waals surface area contributed by atoms with Gasteiger partial charge in [0.15, 0.2) is 0 Å². The van der Waals surface area contributed by atoms with E-state index in [0.29, 0.717) is 5.15 Å². The van der Waals surface area contributed by atoms with E-state index in [1.165, 1.54) is 11.3 Å². The molecule has 1 fully saturated rings. The number of halogens is 1. The Hall–Kier alpha value is -2.34. The Kier molecular flexibility index (Phi) is 6.19. The maximum atomic E-state index is 6.50. The smallest absolute Gasteiger partial charge is 0.134 e. The molecule has 3 aromatic rings. The summed E-state index contributed by atoms with van der Waals surface area (Å²) in [6.07, 6.45) is 0. The van der Waals surface area contributed by atoms with Crippen LogP contribution in [-0.2, 0) is 17.8 Å². The topological polar surface area (TPSA) is 37.8 Å². The number of ether oxygens (including phenoxy) is 2. The summed E-state index contributed by atoms with van der Waals surface area (Å²) >= 11 is 6.50. The first-order valence-electron chi connectivity index (χ1n) is 9.86. The first-order valence-corrected chi connectivity index (χ1v) is 10.2. The van der Waals surface area contributed by atoms with E-state index in [9.17, 15) is 0 Å². The van der Waals surface area contributed by atoms with E-state index in [1.807, 2.05) is 18.2 Å². The second-order valence-corrected chi connectivity index (χ2v) is 7.76. The number of benzene rings is 2. The van der Waals surface area contributed by atoms with E-state index < -0.39 is 0 Å². The molecule has 0 spiro atoms. The van der Waals surface area contributed by atoms with Crippen molar-refractivity contribution in [2.75, 3.05) is 45.4 Å². The number of pyridine rings is 1. The molecule has 6 heteroatoms. The number of rotatable bonds is 6. The maximum absolute atomic E-state index is 6.50. The van der Waals surface area contributed by atoms with Crippen LogP contribution < -0.4 is 9.64 Å². The quantitative estimate of drug-likeness (QED) is 0.563. The number of para-hydroxylation sites is 1. The number of hydrogen-bond donors (Lipinski definition) is 0. The van der Waals surface area contributed by atoms with Gasteiger partial charge in [0, 0.05) is 48.9 Å².